The molecule has 1 unspecified atom stereocenters. The van der Waals surface area contributed by atoms with Crippen LogP contribution in [0.4, 0.5) is 0 Å². The highest BCUT2D eigenvalue weighted by atomic mass is 16.2. The molecule has 1 atom stereocenters. The standard InChI is InChI=1S/C16H24N2O/c1-13-9-11-18(12-10-17-13)15(19)16(2,3)14-7-5-4-6-8-14/h4-8,13,17H,9-12H2,1-3H3. The number of rotatable bonds is 2. The number of nitrogens with one attached hydrogen (secondary N) is 1. The van der Waals surface area contributed by atoms with E-state index in [2.05, 4.69) is 12.2 Å². The summed E-state index contributed by atoms with van der Waals surface area (Å²) in [5.41, 5.74) is 0.639. The molecule has 1 aliphatic heterocycles. The van der Waals surface area contributed by atoms with Crippen molar-refractivity contribution < 1.29 is 4.79 Å². The van der Waals surface area contributed by atoms with Crippen molar-refractivity contribution in [2.24, 2.45) is 0 Å². The number of amides is 1. The van der Waals surface area contributed by atoms with Crippen LogP contribution in [-0.2, 0) is 10.2 Å². The molecule has 1 aromatic rings. The third kappa shape index (κ3) is 3.16. The highest BCUT2D eigenvalue weighted by Crippen LogP contribution is 2.26. The van der Waals surface area contributed by atoms with E-state index in [1.54, 1.807) is 0 Å². The minimum absolute atomic E-state index is 0.231. The van der Waals surface area contributed by atoms with Crippen LogP contribution in [0.15, 0.2) is 30.3 Å². The predicted octanol–water partition coefficient (Wildman–Crippen LogP) is 2.17. The largest absolute Gasteiger partial charge is 0.341 e. The van der Waals surface area contributed by atoms with Crippen LogP contribution in [0.5, 0.6) is 0 Å². The quantitative estimate of drug-likeness (QED) is 0.884. The molecule has 0 radical (unpaired) electrons. The summed E-state index contributed by atoms with van der Waals surface area (Å²) in [5.74, 6) is 0.231. The Bertz CT molecular complexity index is 428. The monoisotopic (exact) mass is 260 g/mol. The van der Waals surface area contributed by atoms with Crippen LogP contribution in [0.1, 0.15) is 32.8 Å². The number of carbonyl (C=O) groups is 1. The van der Waals surface area contributed by atoms with Gasteiger partial charge in [-0.2, -0.15) is 0 Å². The molecule has 3 heteroatoms. The summed E-state index contributed by atoms with van der Waals surface area (Å²) >= 11 is 0. The van der Waals surface area contributed by atoms with Gasteiger partial charge in [0.05, 0.1) is 5.41 Å². The summed E-state index contributed by atoms with van der Waals surface area (Å²) in [6, 6.07) is 10.6. The van der Waals surface area contributed by atoms with Crippen LogP contribution in [-0.4, -0.2) is 36.5 Å². The Hall–Kier alpha value is -1.35. The summed E-state index contributed by atoms with van der Waals surface area (Å²) in [4.78, 5) is 14.8. The van der Waals surface area contributed by atoms with Gasteiger partial charge in [0.15, 0.2) is 0 Å². The van der Waals surface area contributed by atoms with Gasteiger partial charge in [-0.3, -0.25) is 4.79 Å². The van der Waals surface area contributed by atoms with Gasteiger partial charge in [-0.25, -0.2) is 0 Å². The lowest BCUT2D eigenvalue weighted by Crippen LogP contribution is -2.44. The molecule has 0 aromatic heterocycles. The molecule has 0 spiro atoms. The Balaban J connectivity index is 2.14. The SMILES string of the molecule is CC1CCN(C(=O)C(C)(C)c2ccccc2)CCN1. The maximum atomic E-state index is 12.8. The van der Waals surface area contributed by atoms with Crippen LogP contribution in [0, 0.1) is 0 Å². The van der Waals surface area contributed by atoms with E-state index in [1.807, 2.05) is 49.1 Å². The molecule has 1 fully saturated rings. The van der Waals surface area contributed by atoms with Crippen LogP contribution >= 0.6 is 0 Å². The average molecular weight is 260 g/mol. The molecule has 1 heterocycles. The maximum absolute atomic E-state index is 12.8. The van der Waals surface area contributed by atoms with Gasteiger partial charge in [0.2, 0.25) is 5.91 Å². The second kappa shape index (κ2) is 5.74. The van der Waals surface area contributed by atoms with Crippen molar-refractivity contribution in [1.29, 1.82) is 0 Å². The zero-order valence-corrected chi connectivity index (χ0v) is 12.1. The van der Waals surface area contributed by atoms with Crippen molar-refractivity contribution >= 4 is 5.91 Å². The Morgan fingerprint density at radius 3 is 2.63 bits per heavy atom. The van der Waals surface area contributed by atoms with E-state index in [-0.39, 0.29) is 5.91 Å². The fraction of sp³-hybridized carbons (Fsp3) is 0.562. The lowest BCUT2D eigenvalue weighted by Gasteiger charge is -2.31. The smallest absolute Gasteiger partial charge is 0.232 e. The summed E-state index contributed by atoms with van der Waals surface area (Å²) in [7, 11) is 0. The van der Waals surface area contributed by atoms with Gasteiger partial charge in [0, 0.05) is 25.7 Å². The first-order chi connectivity index (χ1) is 9.01. The van der Waals surface area contributed by atoms with Gasteiger partial charge in [0.25, 0.3) is 0 Å². The minimum Gasteiger partial charge on any atom is -0.341 e. The maximum Gasteiger partial charge on any atom is 0.232 e. The highest BCUT2D eigenvalue weighted by molar-refractivity contribution is 5.87. The molecule has 1 aromatic carbocycles. The van der Waals surface area contributed by atoms with Gasteiger partial charge < -0.3 is 10.2 Å². The van der Waals surface area contributed by atoms with Gasteiger partial charge in [-0.15, -0.1) is 0 Å². The molecule has 3 nitrogen and oxygen atoms in total. The minimum atomic E-state index is -0.450. The number of hydrogen-bond donors (Lipinski definition) is 1. The number of benzene rings is 1. The number of carbonyl (C=O) groups excluding carboxylic acids is 1. The summed E-state index contributed by atoms with van der Waals surface area (Å²) < 4.78 is 0. The zero-order valence-electron chi connectivity index (χ0n) is 12.1. The molecule has 1 saturated heterocycles. The third-order valence-corrected chi connectivity index (χ3v) is 4.02. The predicted molar refractivity (Wildman–Crippen MR) is 78.1 cm³/mol. The first kappa shape index (κ1) is 14.1. The molecule has 1 N–H and O–H groups in total. The summed E-state index contributed by atoms with van der Waals surface area (Å²) in [6.45, 7) is 8.76. The van der Waals surface area contributed by atoms with Gasteiger partial charge >= 0.3 is 0 Å². The zero-order chi connectivity index (χ0) is 13.9. The fourth-order valence-corrected chi connectivity index (χ4v) is 2.59. The third-order valence-electron chi connectivity index (χ3n) is 4.02. The molecular formula is C16H24N2O. The summed E-state index contributed by atoms with van der Waals surface area (Å²) in [6.07, 6.45) is 1.02. The van der Waals surface area contributed by atoms with Gasteiger partial charge in [-0.1, -0.05) is 30.3 Å². The van der Waals surface area contributed by atoms with Crippen LogP contribution in [0.25, 0.3) is 0 Å². The second-order valence-corrected chi connectivity index (χ2v) is 5.93. The summed E-state index contributed by atoms with van der Waals surface area (Å²) in [5, 5.41) is 3.43. The van der Waals surface area contributed by atoms with Crippen molar-refractivity contribution in [3.8, 4) is 0 Å². The van der Waals surface area contributed by atoms with E-state index < -0.39 is 5.41 Å². The molecule has 2 rings (SSSR count). The van der Waals surface area contributed by atoms with Crippen LogP contribution in [0.2, 0.25) is 0 Å². The Kier molecular flexibility index (Phi) is 4.25. The van der Waals surface area contributed by atoms with Crippen molar-refractivity contribution in [1.82, 2.24) is 10.2 Å². The Labute approximate surface area is 116 Å². The Morgan fingerprint density at radius 1 is 1.26 bits per heavy atom. The van der Waals surface area contributed by atoms with Crippen molar-refractivity contribution in [3.05, 3.63) is 35.9 Å². The molecule has 0 saturated carbocycles. The Morgan fingerprint density at radius 2 is 1.95 bits per heavy atom. The van der Waals surface area contributed by atoms with Crippen LogP contribution in [0.3, 0.4) is 0 Å². The molecule has 1 amide bonds. The molecular weight excluding hydrogens is 236 g/mol. The van der Waals surface area contributed by atoms with Gasteiger partial charge in [0.1, 0.15) is 0 Å². The normalized spacial score (nSPS) is 21.0. The molecule has 1 aliphatic rings. The van der Waals surface area contributed by atoms with E-state index in [4.69, 9.17) is 0 Å². The van der Waals surface area contributed by atoms with Gasteiger partial charge in [-0.05, 0) is 32.8 Å². The second-order valence-electron chi connectivity index (χ2n) is 5.93. The number of hydrogen-bond acceptors (Lipinski definition) is 2. The van der Waals surface area contributed by atoms with E-state index in [9.17, 15) is 4.79 Å². The lowest BCUT2D eigenvalue weighted by atomic mass is 9.83. The first-order valence-corrected chi connectivity index (χ1v) is 7.10. The molecule has 0 aliphatic carbocycles. The molecule has 104 valence electrons. The first-order valence-electron chi connectivity index (χ1n) is 7.10. The topological polar surface area (TPSA) is 32.3 Å². The fourth-order valence-electron chi connectivity index (χ4n) is 2.59. The number of nitrogens with zero attached hydrogens (tertiary/aromatic N) is 1. The van der Waals surface area contributed by atoms with Crippen molar-refractivity contribution in [2.45, 2.75) is 38.6 Å². The van der Waals surface area contributed by atoms with E-state index in [1.165, 1.54) is 0 Å². The van der Waals surface area contributed by atoms with E-state index in [0.717, 1.165) is 31.6 Å². The molecule has 19 heavy (non-hydrogen) atoms. The van der Waals surface area contributed by atoms with E-state index >= 15 is 0 Å². The van der Waals surface area contributed by atoms with Crippen molar-refractivity contribution in [2.75, 3.05) is 19.6 Å². The van der Waals surface area contributed by atoms with Crippen LogP contribution < -0.4 is 5.32 Å². The molecule has 0 bridgehead atoms. The van der Waals surface area contributed by atoms with Crippen molar-refractivity contribution in [3.63, 3.8) is 0 Å². The lowest BCUT2D eigenvalue weighted by molar-refractivity contribution is -0.136. The average Bonchev–Trinajstić information content (AvgIpc) is 2.63. The van der Waals surface area contributed by atoms with E-state index in [0.29, 0.717) is 6.04 Å². The highest BCUT2D eigenvalue weighted by Gasteiger charge is 2.34.